The van der Waals surface area contributed by atoms with E-state index in [0.29, 0.717) is 11.1 Å². The van der Waals surface area contributed by atoms with Crippen LogP contribution in [0, 0.1) is 6.92 Å². The molecule has 0 unspecified atom stereocenters. The van der Waals surface area contributed by atoms with E-state index in [2.05, 4.69) is 4.40 Å². The summed E-state index contributed by atoms with van der Waals surface area (Å²) in [5.41, 5.74) is 1.68. The second-order valence-corrected chi connectivity index (χ2v) is 6.57. The summed E-state index contributed by atoms with van der Waals surface area (Å²) in [6.45, 7) is 3.38. The third kappa shape index (κ3) is 3.74. The van der Waals surface area contributed by atoms with Crippen LogP contribution in [0.1, 0.15) is 23.6 Å². The lowest BCUT2D eigenvalue weighted by molar-refractivity contribution is -0.212. The van der Waals surface area contributed by atoms with E-state index in [-0.39, 0.29) is 10.5 Å². The summed E-state index contributed by atoms with van der Waals surface area (Å²) in [6.07, 6.45) is 0. The van der Waals surface area contributed by atoms with Gasteiger partial charge in [-0.3, -0.25) is 0 Å². The Balaban J connectivity index is 2.52. The van der Waals surface area contributed by atoms with Gasteiger partial charge in [0.15, 0.2) is 0 Å². The number of benzene rings is 2. The van der Waals surface area contributed by atoms with Crippen molar-refractivity contribution in [3.8, 4) is 0 Å². The summed E-state index contributed by atoms with van der Waals surface area (Å²) < 4.78 is 27.8. The molecule has 0 radical (unpaired) electrons. The zero-order valence-corrected chi connectivity index (χ0v) is 13.5. The predicted molar refractivity (Wildman–Crippen MR) is 87.4 cm³/mol. The topological polar surface area (TPSA) is 91.0 Å². The predicted octanol–water partition coefficient (Wildman–Crippen LogP) is 1.67. The Morgan fingerprint density at radius 1 is 1.09 bits per heavy atom. The highest BCUT2D eigenvalue weighted by atomic mass is 32.2. The van der Waals surface area contributed by atoms with Crippen molar-refractivity contribution >= 4 is 27.4 Å². The summed E-state index contributed by atoms with van der Waals surface area (Å²) in [5.74, 6) is 1.06. The number of hydrogen-bond acceptors (Lipinski definition) is 3. The first-order valence-corrected chi connectivity index (χ1v) is 8.21. The highest BCUT2D eigenvalue weighted by Gasteiger charge is 2.13. The van der Waals surface area contributed by atoms with Crippen LogP contribution in [0.2, 0.25) is 0 Å². The van der Waals surface area contributed by atoms with Crippen molar-refractivity contribution in [2.75, 3.05) is 0 Å². The molecule has 0 aliphatic carbocycles. The van der Waals surface area contributed by atoms with Gasteiger partial charge in [-0.05, 0) is 31.5 Å². The van der Waals surface area contributed by atoms with Crippen LogP contribution in [0.4, 0.5) is 0 Å². The molecular formula is C17H15NO4S. The summed E-state index contributed by atoms with van der Waals surface area (Å²) >= 11 is 0. The fourth-order valence-electron chi connectivity index (χ4n) is 1.98. The van der Waals surface area contributed by atoms with E-state index < -0.39 is 15.9 Å². The minimum atomic E-state index is -4.09. The molecule has 0 atom stereocenters. The van der Waals surface area contributed by atoms with E-state index in [4.69, 9.17) is 4.79 Å². The Labute approximate surface area is 134 Å². The number of carbonyl (C=O) groups excluding carboxylic acids is 1. The van der Waals surface area contributed by atoms with Gasteiger partial charge < -0.3 is 5.11 Å². The largest absolute Gasteiger partial charge is 0.858 e. The van der Waals surface area contributed by atoms with Crippen molar-refractivity contribution in [3.63, 3.8) is 0 Å². The molecule has 0 aliphatic rings. The van der Waals surface area contributed by atoms with Crippen LogP contribution >= 0.6 is 0 Å². The lowest BCUT2D eigenvalue weighted by Crippen LogP contribution is -2.22. The van der Waals surface area contributed by atoms with Crippen molar-refractivity contribution in [2.45, 2.75) is 18.7 Å². The standard InChI is InChI=1S/C17H15NO4S/c1-12-7-9-14(10-8-12)23(21,22)18-17(20)16-6-4-3-5-15(16)13(2)11-19/h3-10H,1-2H3,(H,18,20). The molecule has 118 valence electrons. The molecule has 2 aromatic rings. The lowest BCUT2D eigenvalue weighted by Gasteiger charge is -2.14. The highest BCUT2D eigenvalue weighted by Crippen LogP contribution is 2.18. The molecule has 0 aromatic heterocycles. The molecule has 2 rings (SSSR count). The quantitative estimate of drug-likeness (QED) is 0.370. The van der Waals surface area contributed by atoms with Crippen LogP contribution in [0.15, 0.2) is 57.8 Å². The second-order valence-electron chi connectivity index (χ2n) is 4.97. The average Bonchev–Trinajstić information content (AvgIpc) is 2.54. The first-order chi connectivity index (χ1) is 10.8. The Hall–Kier alpha value is -2.69. The van der Waals surface area contributed by atoms with Crippen LogP contribution in [0.3, 0.4) is 0 Å². The minimum absolute atomic E-state index is 0.0464. The number of rotatable bonds is 4. The highest BCUT2D eigenvalue weighted by molar-refractivity contribution is 7.90. The van der Waals surface area contributed by atoms with Gasteiger partial charge in [0.1, 0.15) is 0 Å². The Kier molecular flexibility index (Phi) is 4.79. The van der Waals surface area contributed by atoms with E-state index in [1.165, 1.54) is 18.2 Å². The van der Waals surface area contributed by atoms with Gasteiger partial charge in [0.05, 0.1) is 10.5 Å². The normalized spacial score (nSPS) is 11.8. The van der Waals surface area contributed by atoms with Gasteiger partial charge in [0.2, 0.25) is 0 Å². The maximum Gasteiger partial charge on any atom is 0.345 e. The fourth-order valence-corrected chi connectivity index (χ4v) is 2.88. The fraction of sp³-hybridized carbons (Fsp3) is 0.118. The number of sulfonamides is 1. The molecule has 0 saturated carbocycles. The van der Waals surface area contributed by atoms with Gasteiger partial charge in [-0.25, -0.2) is 4.79 Å². The molecule has 0 aliphatic heterocycles. The maximum absolute atomic E-state index is 12.3. The molecular weight excluding hydrogens is 314 g/mol. The van der Waals surface area contributed by atoms with Crippen molar-refractivity contribution in [1.82, 2.24) is 0 Å². The van der Waals surface area contributed by atoms with Gasteiger partial charge in [-0.2, -0.15) is 12.8 Å². The molecule has 1 N–H and O–H groups in total. The van der Waals surface area contributed by atoms with E-state index in [9.17, 15) is 13.5 Å². The monoisotopic (exact) mass is 329 g/mol. The van der Waals surface area contributed by atoms with Crippen molar-refractivity contribution in [1.29, 1.82) is 0 Å². The van der Waals surface area contributed by atoms with E-state index in [0.717, 1.165) is 5.56 Å². The van der Waals surface area contributed by atoms with Gasteiger partial charge in [-0.15, -0.1) is 0 Å². The van der Waals surface area contributed by atoms with Crippen LogP contribution in [-0.4, -0.2) is 25.1 Å². The third-order valence-corrected chi connectivity index (χ3v) is 4.53. The number of allylic oxidation sites excluding steroid dienone is 1. The van der Waals surface area contributed by atoms with Gasteiger partial charge in [0, 0.05) is 11.5 Å². The molecule has 0 fully saturated rings. The first-order valence-electron chi connectivity index (χ1n) is 6.77. The van der Waals surface area contributed by atoms with Crippen molar-refractivity contribution < 1.29 is 18.3 Å². The van der Waals surface area contributed by atoms with Crippen LogP contribution in [-0.2, 0) is 10.0 Å². The Morgan fingerprint density at radius 2 is 1.65 bits per heavy atom. The van der Waals surface area contributed by atoms with Crippen molar-refractivity contribution in [2.24, 2.45) is 4.40 Å². The van der Waals surface area contributed by atoms with Crippen molar-refractivity contribution in [3.05, 3.63) is 65.2 Å². The minimum Gasteiger partial charge on any atom is -0.858 e. The van der Waals surface area contributed by atoms with Crippen LogP contribution < -0.4 is 5.11 Å². The van der Waals surface area contributed by atoms with Crippen LogP contribution in [0.25, 0.3) is 5.57 Å². The average molecular weight is 329 g/mol. The lowest BCUT2D eigenvalue weighted by atomic mass is 10.0. The van der Waals surface area contributed by atoms with E-state index >= 15 is 0 Å². The molecule has 23 heavy (non-hydrogen) atoms. The summed E-state index contributed by atoms with van der Waals surface area (Å²) in [7, 11) is -4.09. The maximum atomic E-state index is 12.3. The SMILES string of the molecule is CC(=C=[OH+])c1ccccc1/C([O-])=N/S(=O)(=O)c1ccc(C)cc1. The smallest absolute Gasteiger partial charge is 0.345 e. The first kappa shape index (κ1) is 16.7. The zero-order chi connectivity index (χ0) is 17.0. The Morgan fingerprint density at radius 3 is 2.22 bits per heavy atom. The number of nitrogens with zero attached hydrogens (tertiary/aromatic N) is 1. The van der Waals surface area contributed by atoms with E-state index in [1.54, 1.807) is 37.3 Å². The molecule has 5 nitrogen and oxygen atoms in total. The van der Waals surface area contributed by atoms with Gasteiger partial charge in [0.25, 0.3) is 10.0 Å². The molecule has 6 heteroatoms. The molecule has 2 aromatic carbocycles. The van der Waals surface area contributed by atoms with Crippen LogP contribution in [0.5, 0.6) is 0 Å². The van der Waals surface area contributed by atoms with Gasteiger partial charge in [-0.1, -0.05) is 42.0 Å². The molecule has 0 bridgehead atoms. The molecule has 0 saturated heterocycles. The molecule has 0 heterocycles. The number of hydrogen-bond donors (Lipinski definition) is 0. The van der Waals surface area contributed by atoms with Gasteiger partial charge >= 0.3 is 5.94 Å². The summed E-state index contributed by atoms with van der Waals surface area (Å²) in [6, 6.07) is 12.4. The second kappa shape index (κ2) is 6.60. The van der Waals surface area contributed by atoms with E-state index in [1.807, 2.05) is 12.9 Å². The third-order valence-electron chi connectivity index (χ3n) is 3.25. The molecule has 0 amide bonds. The molecule has 0 spiro atoms. The summed E-state index contributed by atoms with van der Waals surface area (Å²) in [5, 5.41) is 12.3. The summed E-state index contributed by atoms with van der Waals surface area (Å²) in [4.78, 5) is 8.94. The Bertz CT molecular complexity index is 906. The zero-order valence-electron chi connectivity index (χ0n) is 12.6. The number of aryl methyl sites for hydroxylation is 1.